The molecule has 2 unspecified atom stereocenters. The first kappa shape index (κ1) is 28.1. The van der Waals surface area contributed by atoms with Gasteiger partial charge in [0.25, 0.3) is 0 Å². The van der Waals surface area contributed by atoms with E-state index in [2.05, 4.69) is 31.2 Å². The highest BCUT2D eigenvalue weighted by atomic mass is 16.3. The summed E-state index contributed by atoms with van der Waals surface area (Å²) in [6.07, 6.45) is 17.0. The quantitative estimate of drug-likeness (QED) is 0.174. The van der Waals surface area contributed by atoms with Crippen LogP contribution in [0.15, 0.2) is 30.3 Å². The van der Waals surface area contributed by atoms with E-state index in [9.17, 15) is 10.2 Å². The van der Waals surface area contributed by atoms with Gasteiger partial charge in [-0.15, -0.1) is 0 Å². The zero-order valence-electron chi connectivity index (χ0n) is 20.9. The molecule has 3 heteroatoms. The molecule has 1 aromatic carbocycles. The van der Waals surface area contributed by atoms with E-state index in [-0.39, 0.29) is 12.2 Å². The van der Waals surface area contributed by atoms with Crippen molar-refractivity contribution in [2.75, 3.05) is 19.6 Å². The minimum absolute atomic E-state index is 0.357. The largest absolute Gasteiger partial charge is 0.388 e. The smallest absolute Gasteiger partial charge is 0.105 e. The van der Waals surface area contributed by atoms with Crippen molar-refractivity contribution in [2.45, 2.75) is 123 Å². The van der Waals surface area contributed by atoms with Crippen LogP contribution in [0.1, 0.15) is 110 Å². The summed E-state index contributed by atoms with van der Waals surface area (Å²) >= 11 is 0. The van der Waals surface area contributed by atoms with Crippen LogP contribution in [0.4, 0.5) is 0 Å². The molecule has 0 saturated carbocycles. The van der Waals surface area contributed by atoms with Crippen LogP contribution < -0.4 is 0 Å². The lowest BCUT2D eigenvalue weighted by atomic mass is 10.0. The number of quaternary nitrogens is 1. The van der Waals surface area contributed by atoms with Gasteiger partial charge in [0.1, 0.15) is 31.8 Å². The molecule has 2 N–H and O–H groups in total. The van der Waals surface area contributed by atoms with E-state index in [1.807, 2.05) is 19.9 Å². The second-order valence-electron chi connectivity index (χ2n) is 10.0. The summed E-state index contributed by atoms with van der Waals surface area (Å²) in [6.45, 7) is 9.36. The van der Waals surface area contributed by atoms with Gasteiger partial charge in [0.05, 0.1) is 6.54 Å². The average Bonchev–Trinajstić information content (AvgIpc) is 2.71. The van der Waals surface area contributed by atoms with Gasteiger partial charge in [0.15, 0.2) is 0 Å². The maximum Gasteiger partial charge on any atom is 0.105 e. The molecule has 180 valence electrons. The van der Waals surface area contributed by atoms with Crippen LogP contribution in [0.3, 0.4) is 0 Å². The Morgan fingerprint density at radius 1 is 0.645 bits per heavy atom. The third-order valence-electron chi connectivity index (χ3n) is 6.40. The lowest BCUT2D eigenvalue weighted by molar-refractivity contribution is -0.946. The molecule has 0 bridgehead atoms. The number of hydrogen-bond donors (Lipinski definition) is 2. The van der Waals surface area contributed by atoms with Crippen LogP contribution in [-0.4, -0.2) is 46.5 Å². The molecule has 31 heavy (non-hydrogen) atoms. The second kappa shape index (κ2) is 17.6. The topological polar surface area (TPSA) is 40.5 Å². The van der Waals surface area contributed by atoms with Gasteiger partial charge in [-0.3, -0.25) is 0 Å². The fourth-order valence-electron chi connectivity index (χ4n) is 5.02. The molecule has 0 aliphatic heterocycles. The molecular formula is C28H52NO2+. The first-order valence-corrected chi connectivity index (χ1v) is 13.2. The molecule has 1 rings (SSSR count). The molecule has 0 aromatic heterocycles. The third-order valence-corrected chi connectivity index (χ3v) is 6.40. The van der Waals surface area contributed by atoms with Crippen LogP contribution in [0.5, 0.6) is 0 Å². The van der Waals surface area contributed by atoms with E-state index in [0.717, 1.165) is 17.6 Å². The Labute approximate surface area is 193 Å². The number of nitrogens with zero attached hydrogens (tertiary/aromatic N) is 1. The molecule has 0 spiro atoms. The molecule has 3 nitrogen and oxygen atoms in total. The van der Waals surface area contributed by atoms with Crippen molar-refractivity contribution in [1.29, 1.82) is 0 Å². The van der Waals surface area contributed by atoms with E-state index in [1.54, 1.807) is 0 Å². The lowest BCUT2D eigenvalue weighted by Crippen LogP contribution is -2.54. The first-order chi connectivity index (χ1) is 15.0. The molecule has 0 heterocycles. The first-order valence-electron chi connectivity index (χ1n) is 13.2. The second-order valence-corrected chi connectivity index (χ2v) is 10.0. The Kier molecular flexibility index (Phi) is 16.0. The Hall–Kier alpha value is -0.900. The van der Waals surface area contributed by atoms with Crippen LogP contribution in [0.25, 0.3) is 0 Å². The van der Waals surface area contributed by atoms with E-state index in [1.165, 1.54) is 89.0 Å². The summed E-state index contributed by atoms with van der Waals surface area (Å²) in [4.78, 5) is 0. The fourth-order valence-corrected chi connectivity index (χ4v) is 5.02. The van der Waals surface area contributed by atoms with Crippen LogP contribution in [-0.2, 0) is 6.54 Å². The van der Waals surface area contributed by atoms with E-state index < -0.39 is 0 Å². The highest BCUT2D eigenvalue weighted by Crippen LogP contribution is 2.20. The van der Waals surface area contributed by atoms with Gasteiger partial charge >= 0.3 is 0 Å². The van der Waals surface area contributed by atoms with Crippen molar-refractivity contribution in [3.8, 4) is 0 Å². The van der Waals surface area contributed by atoms with Crippen molar-refractivity contribution < 1.29 is 14.7 Å². The SMILES string of the molecule is CCCCCCCCCCCCCCC[N+](Cc1ccccc1)(CC(C)O)CC(C)O. The summed E-state index contributed by atoms with van der Waals surface area (Å²) in [5, 5.41) is 20.4. The summed E-state index contributed by atoms with van der Waals surface area (Å²) in [6, 6.07) is 10.6. The van der Waals surface area contributed by atoms with Crippen molar-refractivity contribution >= 4 is 0 Å². The zero-order valence-corrected chi connectivity index (χ0v) is 20.9. The average molecular weight is 435 g/mol. The number of benzene rings is 1. The van der Waals surface area contributed by atoms with Gasteiger partial charge in [0, 0.05) is 5.56 Å². The Balaban J connectivity index is 2.32. The van der Waals surface area contributed by atoms with E-state index in [4.69, 9.17) is 0 Å². The number of unbranched alkanes of at least 4 members (excludes halogenated alkanes) is 12. The number of rotatable bonds is 20. The van der Waals surface area contributed by atoms with Crippen LogP contribution in [0.2, 0.25) is 0 Å². The number of hydrogen-bond acceptors (Lipinski definition) is 2. The van der Waals surface area contributed by atoms with Crippen LogP contribution in [0, 0.1) is 0 Å². The van der Waals surface area contributed by atoms with Gasteiger partial charge in [-0.05, 0) is 26.7 Å². The maximum absolute atomic E-state index is 10.2. The van der Waals surface area contributed by atoms with Crippen LogP contribution >= 0.6 is 0 Å². The monoisotopic (exact) mass is 434 g/mol. The Morgan fingerprint density at radius 2 is 1.06 bits per heavy atom. The summed E-state index contributed by atoms with van der Waals surface area (Å²) in [7, 11) is 0. The van der Waals surface area contributed by atoms with Gasteiger partial charge in [0.2, 0.25) is 0 Å². The number of aliphatic hydroxyl groups excluding tert-OH is 2. The summed E-state index contributed by atoms with van der Waals surface area (Å²) < 4.78 is 0.775. The number of aliphatic hydroxyl groups is 2. The molecule has 0 aliphatic rings. The predicted molar refractivity (Wildman–Crippen MR) is 134 cm³/mol. The Bertz CT molecular complexity index is 505. The molecule has 0 amide bonds. The zero-order chi connectivity index (χ0) is 22.8. The minimum atomic E-state index is -0.357. The van der Waals surface area contributed by atoms with Gasteiger partial charge < -0.3 is 14.7 Å². The maximum atomic E-state index is 10.2. The molecule has 1 aromatic rings. The molecule has 0 fully saturated rings. The van der Waals surface area contributed by atoms with E-state index in [0.29, 0.717) is 13.1 Å². The van der Waals surface area contributed by atoms with Gasteiger partial charge in [-0.2, -0.15) is 0 Å². The van der Waals surface area contributed by atoms with E-state index >= 15 is 0 Å². The highest BCUT2D eigenvalue weighted by molar-refractivity contribution is 5.13. The molecule has 2 atom stereocenters. The standard InChI is InChI=1S/C28H52NO2/c1-4-5-6-7-8-9-10-11-12-13-14-15-19-22-29(23-26(2)30,24-27(3)31)25-28-20-17-16-18-21-28/h16-18,20-21,26-27,30-31H,4-15,19,22-25H2,1-3H3/q+1. The van der Waals surface area contributed by atoms with Crippen molar-refractivity contribution in [3.05, 3.63) is 35.9 Å². The van der Waals surface area contributed by atoms with Crippen molar-refractivity contribution in [1.82, 2.24) is 0 Å². The lowest BCUT2D eigenvalue weighted by Gasteiger charge is -2.41. The molecule has 0 aliphatic carbocycles. The molecule has 0 radical (unpaired) electrons. The van der Waals surface area contributed by atoms with Crippen molar-refractivity contribution in [2.24, 2.45) is 0 Å². The minimum Gasteiger partial charge on any atom is -0.388 e. The summed E-state index contributed by atoms with van der Waals surface area (Å²) in [5.74, 6) is 0. The molecule has 0 saturated heterocycles. The summed E-state index contributed by atoms with van der Waals surface area (Å²) in [5.41, 5.74) is 1.29. The van der Waals surface area contributed by atoms with Crippen molar-refractivity contribution in [3.63, 3.8) is 0 Å². The fraction of sp³-hybridized carbons (Fsp3) is 0.786. The Morgan fingerprint density at radius 3 is 1.48 bits per heavy atom. The molecular weight excluding hydrogens is 382 g/mol. The van der Waals surface area contributed by atoms with Gasteiger partial charge in [-0.1, -0.05) is 108 Å². The predicted octanol–water partition coefficient (Wildman–Crippen LogP) is 6.86. The normalized spacial score (nSPS) is 15.5. The third kappa shape index (κ3) is 14.7. The van der Waals surface area contributed by atoms with Gasteiger partial charge in [-0.25, -0.2) is 0 Å². The highest BCUT2D eigenvalue weighted by Gasteiger charge is 2.30.